The predicted molar refractivity (Wildman–Crippen MR) is 80.8 cm³/mol. The standard InChI is InChI=1S/C17H12F2N4/c1-2-11-3-6-13(7-4-11)23-17(16(10-20)21-22-23)12-5-8-14(18)15(19)9-12/h3-9H,2H2,1H3. The van der Waals surface area contributed by atoms with Crippen molar-refractivity contribution in [2.24, 2.45) is 0 Å². The van der Waals surface area contributed by atoms with Crippen LogP contribution in [-0.4, -0.2) is 15.0 Å². The van der Waals surface area contributed by atoms with Gasteiger partial charge in [0.1, 0.15) is 11.8 Å². The zero-order valence-electron chi connectivity index (χ0n) is 12.3. The fourth-order valence-corrected chi connectivity index (χ4v) is 2.31. The Morgan fingerprint density at radius 3 is 2.43 bits per heavy atom. The van der Waals surface area contributed by atoms with Gasteiger partial charge in [-0.1, -0.05) is 24.3 Å². The lowest BCUT2D eigenvalue weighted by molar-refractivity contribution is 0.509. The van der Waals surface area contributed by atoms with E-state index in [1.54, 1.807) is 0 Å². The van der Waals surface area contributed by atoms with Crippen LogP contribution >= 0.6 is 0 Å². The first-order chi connectivity index (χ1) is 11.1. The number of hydrogen-bond donors (Lipinski definition) is 0. The van der Waals surface area contributed by atoms with Crippen LogP contribution in [0.5, 0.6) is 0 Å². The fraction of sp³-hybridized carbons (Fsp3) is 0.118. The maximum atomic E-state index is 13.5. The molecule has 23 heavy (non-hydrogen) atoms. The summed E-state index contributed by atoms with van der Waals surface area (Å²) in [6.07, 6.45) is 0.900. The van der Waals surface area contributed by atoms with Gasteiger partial charge in [-0.25, -0.2) is 13.5 Å². The second kappa shape index (κ2) is 5.97. The molecule has 0 fully saturated rings. The van der Waals surface area contributed by atoms with Gasteiger partial charge in [-0.15, -0.1) is 5.10 Å². The number of nitrogens with zero attached hydrogens (tertiary/aromatic N) is 4. The lowest BCUT2D eigenvalue weighted by atomic mass is 10.1. The van der Waals surface area contributed by atoms with E-state index < -0.39 is 11.6 Å². The van der Waals surface area contributed by atoms with Gasteiger partial charge in [0.2, 0.25) is 0 Å². The molecule has 6 heteroatoms. The average Bonchev–Trinajstić information content (AvgIpc) is 3.01. The number of benzene rings is 2. The molecule has 114 valence electrons. The Morgan fingerprint density at radius 2 is 1.83 bits per heavy atom. The summed E-state index contributed by atoms with van der Waals surface area (Å²) >= 11 is 0. The first-order valence-corrected chi connectivity index (χ1v) is 7.04. The summed E-state index contributed by atoms with van der Waals surface area (Å²) in [5.74, 6) is -1.93. The normalized spacial score (nSPS) is 10.5. The number of aromatic nitrogens is 3. The second-order valence-electron chi connectivity index (χ2n) is 4.96. The van der Waals surface area contributed by atoms with E-state index in [9.17, 15) is 14.0 Å². The van der Waals surface area contributed by atoms with Gasteiger partial charge >= 0.3 is 0 Å². The molecule has 0 aliphatic heterocycles. The Morgan fingerprint density at radius 1 is 1.09 bits per heavy atom. The summed E-state index contributed by atoms with van der Waals surface area (Å²) in [6, 6.07) is 13.0. The highest BCUT2D eigenvalue weighted by Crippen LogP contribution is 2.26. The maximum absolute atomic E-state index is 13.5. The van der Waals surface area contributed by atoms with Crippen LogP contribution in [0.3, 0.4) is 0 Å². The van der Waals surface area contributed by atoms with Crippen molar-refractivity contribution < 1.29 is 8.78 Å². The van der Waals surface area contributed by atoms with Crippen LogP contribution in [-0.2, 0) is 6.42 Å². The van der Waals surface area contributed by atoms with Crippen molar-refractivity contribution in [3.05, 3.63) is 65.4 Å². The molecule has 1 aromatic heterocycles. The Hall–Kier alpha value is -3.07. The van der Waals surface area contributed by atoms with Crippen molar-refractivity contribution in [2.45, 2.75) is 13.3 Å². The Labute approximate surface area is 131 Å². The molecule has 0 amide bonds. The Kier molecular flexibility index (Phi) is 3.85. The Bertz CT molecular complexity index is 892. The van der Waals surface area contributed by atoms with Gasteiger partial charge in [0.25, 0.3) is 0 Å². The van der Waals surface area contributed by atoms with E-state index in [4.69, 9.17) is 0 Å². The lowest BCUT2D eigenvalue weighted by Crippen LogP contribution is -2.00. The van der Waals surface area contributed by atoms with Gasteiger partial charge in [0.05, 0.1) is 5.69 Å². The molecule has 0 aliphatic rings. The number of halogens is 2. The second-order valence-corrected chi connectivity index (χ2v) is 4.96. The average molecular weight is 310 g/mol. The van der Waals surface area contributed by atoms with Gasteiger partial charge in [-0.2, -0.15) is 5.26 Å². The molecule has 0 radical (unpaired) electrons. The van der Waals surface area contributed by atoms with Gasteiger partial charge in [0.15, 0.2) is 17.3 Å². The first-order valence-electron chi connectivity index (χ1n) is 7.04. The highest BCUT2D eigenvalue weighted by molar-refractivity contribution is 5.67. The molecule has 2 aromatic carbocycles. The number of hydrogen-bond acceptors (Lipinski definition) is 3. The van der Waals surface area contributed by atoms with Gasteiger partial charge < -0.3 is 0 Å². The monoisotopic (exact) mass is 310 g/mol. The van der Waals surface area contributed by atoms with E-state index in [-0.39, 0.29) is 5.69 Å². The number of rotatable bonds is 3. The van der Waals surface area contributed by atoms with Crippen LogP contribution in [0.2, 0.25) is 0 Å². The third-order valence-corrected chi connectivity index (χ3v) is 3.56. The summed E-state index contributed by atoms with van der Waals surface area (Å²) in [4.78, 5) is 0. The molecular formula is C17H12F2N4. The minimum atomic E-state index is -0.986. The minimum Gasteiger partial charge on any atom is -0.211 e. The van der Waals surface area contributed by atoms with Crippen LogP contribution in [0.25, 0.3) is 16.9 Å². The molecule has 0 N–H and O–H groups in total. The molecule has 0 unspecified atom stereocenters. The quantitative estimate of drug-likeness (QED) is 0.742. The van der Waals surface area contributed by atoms with Crippen molar-refractivity contribution in [3.8, 4) is 23.0 Å². The SMILES string of the molecule is CCc1ccc(-n2nnc(C#N)c2-c2ccc(F)c(F)c2)cc1. The fourth-order valence-electron chi connectivity index (χ4n) is 2.31. The van der Waals surface area contributed by atoms with E-state index >= 15 is 0 Å². The maximum Gasteiger partial charge on any atom is 0.191 e. The molecule has 3 rings (SSSR count). The van der Waals surface area contributed by atoms with Crippen molar-refractivity contribution in [2.75, 3.05) is 0 Å². The molecule has 0 atom stereocenters. The summed E-state index contributed by atoms with van der Waals surface area (Å²) in [6.45, 7) is 2.05. The number of aryl methyl sites for hydroxylation is 1. The van der Waals surface area contributed by atoms with E-state index in [1.165, 1.54) is 10.7 Å². The third kappa shape index (κ3) is 2.69. The lowest BCUT2D eigenvalue weighted by Gasteiger charge is -2.08. The van der Waals surface area contributed by atoms with Gasteiger partial charge in [0, 0.05) is 5.56 Å². The molecule has 3 aromatic rings. The largest absolute Gasteiger partial charge is 0.211 e. The van der Waals surface area contributed by atoms with E-state index in [0.717, 1.165) is 24.1 Å². The van der Waals surface area contributed by atoms with Crippen LogP contribution < -0.4 is 0 Å². The zero-order valence-corrected chi connectivity index (χ0v) is 12.3. The highest BCUT2D eigenvalue weighted by atomic mass is 19.2. The molecule has 0 aliphatic carbocycles. The first kappa shape index (κ1) is 14.9. The zero-order chi connectivity index (χ0) is 16.4. The molecule has 1 heterocycles. The topological polar surface area (TPSA) is 54.5 Å². The van der Waals surface area contributed by atoms with Gasteiger partial charge in [-0.3, -0.25) is 0 Å². The van der Waals surface area contributed by atoms with E-state index in [1.807, 2.05) is 37.3 Å². The van der Waals surface area contributed by atoms with Crippen LogP contribution in [0.4, 0.5) is 8.78 Å². The van der Waals surface area contributed by atoms with Crippen molar-refractivity contribution in [1.82, 2.24) is 15.0 Å². The molecule has 0 saturated heterocycles. The third-order valence-electron chi connectivity index (χ3n) is 3.56. The van der Waals surface area contributed by atoms with Crippen molar-refractivity contribution in [3.63, 3.8) is 0 Å². The molecule has 0 bridgehead atoms. The van der Waals surface area contributed by atoms with Crippen LogP contribution in [0, 0.1) is 23.0 Å². The van der Waals surface area contributed by atoms with Crippen LogP contribution in [0.1, 0.15) is 18.2 Å². The minimum absolute atomic E-state index is 0.0515. The Balaban J connectivity index is 2.17. The van der Waals surface area contributed by atoms with Gasteiger partial charge in [-0.05, 0) is 42.3 Å². The van der Waals surface area contributed by atoms with Crippen molar-refractivity contribution >= 4 is 0 Å². The molecule has 0 saturated carbocycles. The highest BCUT2D eigenvalue weighted by Gasteiger charge is 2.17. The van der Waals surface area contributed by atoms with Crippen molar-refractivity contribution in [1.29, 1.82) is 5.26 Å². The van der Waals surface area contributed by atoms with Crippen LogP contribution in [0.15, 0.2) is 42.5 Å². The number of nitriles is 1. The molecular weight excluding hydrogens is 298 g/mol. The van der Waals surface area contributed by atoms with E-state index in [2.05, 4.69) is 10.3 Å². The predicted octanol–water partition coefficient (Wildman–Crippen LogP) is 3.65. The van der Waals surface area contributed by atoms with E-state index in [0.29, 0.717) is 16.9 Å². The summed E-state index contributed by atoms with van der Waals surface area (Å²) in [5.41, 5.74) is 2.57. The summed E-state index contributed by atoms with van der Waals surface area (Å²) in [7, 11) is 0. The smallest absolute Gasteiger partial charge is 0.191 e. The summed E-state index contributed by atoms with van der Waals surface area (Å²) < 4.78 is 28.1. The molecule has 0 spiro atoms. The molecule has 4 nitrogen and oxygen atoms in total. The summed E-state index contributed by atoms with van der Waals surface area (Å²) in [5, 5.41) is 17.0.